The first-order chi connectivity index (χ1) is 11.0. The molecule has 0 radical (unpaired) electrons. The van der Waals surface area contributed by atoms with E-state index in [2.05, 4.69) is 33.3 Å². The lowest BCUT2D eigenvalue weighted by molar-refractivity contribution is -0.139. The normalized spacial score (nSPS) is 12.3. The molecule has 23 heavy (non-hydrogen) atoms. The van der Waals surface area contributed by atoms with Gasteiger partial charge < -0.3 is 10.4 Å². The number of benzene rings is 1. The molecule has 0 aliphatic carbocycles. The third-order valence-corrected chi connectivity index (χ3v) is 4.30. The predicted octanol–water partition coefficient (Wildman–Crippen LogP) is 3.68. The molecule has 2 N–H and O–H groups in total. The smallest absolute Gasteiger partial charge is 0.320 e. The number of hydrogen-bond acceptors (Lipinski definition) is 3. The number of nitrogens with one attached hydrogen (secondary N) is 1. The highest BCUT2D eigenvalue weighted by Crippen LogP contribution is 2.16. The Balaban J connectivity index is 2.06. The van der Waals surface area contributed by atoms with Crippen LogP contribution in [0.25, 0.3) is 5.69 Å². The van der Waals surface area contributed by atoms with Crippen molar-refractivity contribution in [3.05, 3.63) is 46.2 Å². The monoisotopic (exact) mass is 379 g/mol. The number of unbranched alkanes of at least 4 members (excludes halogenated alkanes) is 1. The minimum Gasteiger partial charge on any atom is -0.480 e. The molecule has 6 heteroatoms. The number of aliphatic carboxylic acids is 1. The zero-order valence-electron chi connectivity index (χ0n) is 13.4. The van der Waals surface area contributed by atoms with Gasteiger partial charge in [0.25, 0.3) is 0 Å². The molecular formula is C17H22BrN3O2. The number of halogens is 1. The Kier molecular flexibility index (Phi) is 6.36. The average Bonchev–Trinajstić information content (AvgIpc) is 2.89. The number of nitrogens with zero attached hydrogens (tertiary/aromatic N) is 2. The second kappa shape index (κ2) is 8.26. The van der Waals surface area contributed by atoms with E-state index in [-0.39, 0.29) is 0 Å². The highest BCUT2D eigenvalue weighted by Gasteiger charge is 2.17. The fourth-order valence-corrected chi connectivity index (χ4v) is 2.61. The predicted molar refractivity (Wildman–Crippen MR) is 93.8 cm³/mol. The van der Waals surface area contributed by atoms with Crippen LogP contribution >= 0.6 is 15.9 Å². The molecule has 0 saturated carbocycles. The number of carbonyl (C=O) groups is 1. The van der Waals surface area contributed by atoms with Gasteiger partial charge in [-0.15, -0.1) is 0 Å². The summed E-state index contributed by atoms with van der Waals surface area (Å²) in [6, 6.07) is 7.39. The first kappa shape index (κ1) is 17.7. The second-order valence-corrected chi connectivity index (χ2v) is 6.49. The van der Waals surface area contributed by atoms with Gasteiger partial charge in [-0.1, -0.05) is 35.7 Å². The topological polar surface area (TPSA) is 67.2 Å². The van der Waals surface area contributed by atoms with Gasteiger partial charge in [0.2, 0.25) is 0 Å². The summed E-state index contributed by atoms with van der Waals surface area (Å²) in [7, 11) is 0. The highest BCUT2D eigenvalue weighted by molar-refractivity contribution is 9.10. The van der Waals surface area contributed by atoms with E-state index in [1.54, 1.807) is 0 Å². The van der Waals surface area contributed by atoms with E-state index in [1.165, 1.54) is 0 Å². The van der Waals surface area contributed by atoms with Gasteiger partial charge in [0.15, 0.2) is 0 Å². The van der Waals surface area contributed by atoms with E-state index < -0.39 is 12.0 Å². The quantitative estimate of drug-likeness (QED) is 0.733. The maximum Gasteiger partial charge on any atom is 0.320 e. The summed E-state index contributed by atoms with van der Waals surface area (Å²) in [6.07, 6.45) is 4.49. The minimum absolute atomic E-state index is 0.503. The fraction of sp³-hybridized carbons (Fsp3) is 0.412. The molecule has 2 rings (SSSR count). The third-order valence-electron chi connectivity index (χ3n) is 3.78. The number of carboxylic acid groups (broad SMARTS) is 1. The molecule has 0 bridgehead atoms. The third kappa shape index (κ3) is 4.91. The number of carboxylic acids is 1. The standard InChI is InChI=1S/C17H22BrN3O2/c1-3-4-5-16(17(22)23)19-10-13-11-21(20-12(13)2)15-8-6-14(18)7-9-15/h6-9,11,16,19H,3-5,10H2,1-2H3,(H,22,23). The zero-order valence-corrected chi connectivity index (χ0v) is 15.0. The van der Waals surface area contributed by atoms with Crippen molar-refractivity contribution in [3.8, 4) is 5.69 Å². The zero-order chi connectivity index (χ0) is 16.8. The van der Waals surface area contributed by atoms with Crippen molar-refractivity contribution in [2.24, 2.45) is 0 Å². The molecule has 0 fully saturated rings. The van der Waals surface area contributed by atoms with E-state index in [9.17, 15) is 9.90 Å². The van der Waals surface area contributed by atoms with Crippen molar-refractivity contribution in [1.29, 1.82) is 0 Å². The summed E-state index contributed by atoms with van der Waals surface area (Å²) >= 11 is 3.42. The van der Waals surface area contributed by atoms with Gasteiger partial charge in [-0.2, -0.15) is 5.10 Å². The van der Waals surface area contributed by atoms with Gasteiger partial charge in [-0.3, -0.25) is 4.79 Å². The van der Waals surface area contributed by atoms with Crippen LogP contribution in [0.2, 0.25) is 0 Å². The van der Waals surface area contributed by atoms with Gasteiger partial charge in [0, 0.05) is 22.8 Å². The molecule has 5 nitrogen and oxygen atoms in total. The molecule has 0 aliphatic rings. The lowest BCUT2D eigenvalue weighted by Gasteiger charge is -2.13. The van der Waals surface area contributed by atoms with E-state index >= 15 is 0 Å². The van der Waals surface area contributed by atoms with E-state index in [0.29, 0.717) is 13.0 Å². The van der Waals surface area contributed by atoms with Crippen LogP contribution in [0.15, 0.2) is 34.9 Å². The van der Waals surface area contributed by atoms with E-state index in [0.717, 1.165) is 34.3 Å². The number of hydrogen-bond donors (Lipinski definition) is 2. The van der Waals surface area contributed by atoms with E-state index in [1.807, 2.05) is 42.1 Å². The van der Waals surface area contributed by atoms with Crippen molar-refractivity contribution >= 4 is 21.9 Å². The Morgan fingerprint density at radius 3 is 2.70 bits per heavy atom. The van der Waals surface area contributed by atoms with Gasteiger partial charge >= 0.3 is 5.97 Å². The molecule has 1 aromatic carbocycles. The van der Waals surface area contributed by atoms with Gasteiger partial charge in [-0.25, -0.2) is 4.68 Å². The second-order valence-electron chi connectivity index (χ2n) is 5.57. The Labute approximate surface area is 144 Å². The number of rotatable bonds is 8. The van der Waals surface area contributed by atoms with Crippen LogP contribution < -0.4 is 5.32 Å². The van der Waals surface area contributed by atoms with Crippen LogP contribution in [0, 0.1) is 6.92 Å². The maximum absolute atomic E-state index is 11.3. The average molecular weight is 380 g/mol. The summed E-state index contributed by atoms with van der Waals surface area (Å²) in [5.74, 6) is -0.795. The van der Waals surface area contributed by atoms with Crippen LogP contribution in [0.4, 0.5) is 0 Å². The van der Waals surface area contributed by atoms with Crippen molar-refractivity contribution in [3.63, 3.8) is 0 Å². The number of aromatic nitrogens is 2. The first-order valence-electron chi connectivity index (χ1n) is 7.78. The molecular weight excluding hydrogens is 358 g/mol. The summed E-state index contributed by atoms with van der Waals surface area (Å²) in [6.45, 7) is 4.50. The highest BCUT2D eigenvalue weighted by atomic mass is 79.9. The SMILES string of the molecule is CCCCC(NCc1cn(-c2ccc(Br)cc2)nc1C)C(=O)O. The molecule has 124 valence electrons. The number of aryl methyl sites for hydroxylation is 1. The van der Waals surface area contributed by atoms with Crippen molar-refractivity contribution in [2.75, 3.05) is 0 Å². The van der Waals surface area contributed by atoms with E-state index in [4.69, 9.17) is 0 Å². The molecule has 0 aliphatic heterocycles. The summed E-state index contributed by atoms with van der Waals surface area (Å²) in [5, 5.41) is 16.9. The Hall–Kier alpha value is -1.66. The lowest BCUT2D eigenvalue weighted by atomic mass is 10.1. The van der Waals surface area contributed by atoms with Crippen molar-refractivity contribution in [2.45, 2.75) is 45.7 Å². The van der Waals surface area contributed by atoms with Crippen molar-refractivity contribution in [1.82, 2.24) is 15.1 Å². The van der Waals surface area contributed by atoms with Crippen LogP contribution in [-0.2, 0) is 11.3 Å². The molecule has 0 spiro atoms. The maximum atomic E-state index is 11.3. The first-order valence-corrected chi connectivity index (χ1v) is 8.57. The van der Waals surface area contributed by atoms with Crippen LogP contribution in [0.3, 0.4) is 0 Å². The molecule has 1 unspecified atom stereocenters. The van der Waals surface area contributed by atoms with Gasteiger partial charge in [-0.05, 0) is 37.6 Å². The molecule has 0 saturated heterocycles. The van der Waals surface area contributed by atoms with Crippen LogP contribution in [0.5, 0.6) is 0 Å². The summed E-state index contributed by atoms with van der Waals surface area (Å²) in [5.41, 5.74) is 2.89. The van der Waals surface area contributed by atoms with Crippen LogP contribution in [0.1, 0.15) is 37.4 Å². The largest absolute Gasteiger partial charge is 0.480 e. The Morgan fingerprint density at radius 2 is 2.09 bits per heavy atom. The van der Waals surface area contributed by atoms with Gasteiger partial charge in [0.1, 0.15) is 6.04 Å². The molecule has 0 amide bonds. The molecule has 1 heterocycles. The van der Waals surface area contributed by atoms with Gasteiger partial charge in [0.05, 0.1) is 11.4 Å². The Bertz CT molecular complexity index is 652. The summed E-state index contributed by atoms with van der Waals surface area (Å²) in [4.78, 5) is 11.3. The summed E-state index contributed by atoms with van der Waals surface area (Å²) < 4.78 is 2.84. The molecule has 2 aromatic rings. The molecule has 1 atom stereocenters. The van der Waals surface area contributed by atoms with Crippen molar-refractivity contribution < 1.29 is 9.90 Å². The lowest BCUT2D eigenvalue weighted by Crippen LogP contribution is -2.36. The molecule has 1 aromatic heterocycles. The Morgan fingerprint density at radius 1 is 1.39 bits per heavy atom. The minimum atomic E-state index is -0.795. The van der Waals surface area contributed by atoms with Crippen LogP contribution in [-0.4, -0.2) is 26.9 Å². The fourth-order valence-electron chi connectivity index (χ4n) is 2.35.